The first-order valence-electron chi connectivity index (χ1n) is 9.98. The van der Waals surface area contributed by atoms with E-state index in [1.54, 1.807) is 11.3 Å². The molecule has 0 spiro atoms. The fourth-order valence-electron chi connectivity index (χ4n) is 3.76. The Morgan fingerprint density at radius 3 is 2.10 bits per heavy atom. The Bertz CT molecular complexity index is 1110. The van der Waals surface area contributed by atoms with Gasteiger partial charge in [-0.1, -0.05) is 84.1 Å². The van der Waals surface area contributed by atoms with Gasteiger partial charge in [0.2, 0.25) is 0 Å². The van der Waals surface area contributed by atoms with Gasteiger partial charge in [0.1, 0.15) is 0 Å². The Morgan fingerprint density at radius 1 is 0.767 bits per heavy atom. The molecular weight excluding hydrogens is 408 g/mol. The molecule has 0 unspecified atom stereocenters. The third-order valence-electron chi connectivity index (χ3n) is 5.19. The van der Waals surface area contributed by atoms with Crippen molar-refractivity contribution in [2.24, 2.45) is 0 Å². The lowest BCUT2D eigenvalue weighted by Gasteiger charge is -2.43. The summed E-state index contributed by atoms with van der Waals surface area (Å²) in [5.41, 5.74) is 3.58. The number of nitrogens with zero attached hydrogens (tertiary/aromatic N) is 4. The van der Waals surface area contributed by atoms with Gasteiger partial charge in [0, 0.05) is 13.1 Å². The number of thiazole rings is 1. The van der Waals surface area contributed by atoms with Crippen molar-refractivity contribution in [2.45, 2.75) is 13.1 Å². The van der Waals surface area contributed by atoms with E-state index in [1.807, 2.05) is 12.1 Å². The summed E-state index contributed by atoms with van der Waals surface area (Å²) in [6.45, 7) is 3.19. The highest BCUT2D eigenvalue weighted by Gasteiger charge is 2.30. The van der Waals surface area contributed by atoms with E-state index in [-0.39, 0.29) is 0 Å². The standard InChI is InChI=1S/C24H22N4S2/c29-24-27(16-20-11-5-2-6-12-20)17-26(15-19-9-3-1-4-10-19)18-28(24)23-25-21-13-7-8-14-22(21)30-23/h1-14H,15-18H2. The minimum atomic E-state index is 0.735. The Hall–Kier alpha value is -2.80. The smallest absolute Gasteiger partial charge is 0.193 e. The predicted octanol–water partition coefficient (Wildman–Crippen LogP) is 5.32. The molecule has 4 nitrogen and oxygen atoms in total. The Labute approximate surface area is 186 Å². The molecule has 1 saturated heterocycles. The number of anilines is 1. The molecule has 1 aliphatic rings. The van der Waals surface area contributed by atoms with E-state index in [2.05, 4.69) is 87.5 Å². The summed E-state index contributed by atoms with van der Waals surface area (Å²) in [7, 11) is 0. The summed E-state index contributed by atoms with van der Waals surface area (Å²) >= 11 is 7.64. The van der Waals surface area contributed by atoms with Gasteiger partial charge in [-0.15, -0.1) is 0 Å². The molecule has 150 valence electrons. The fourth-order valence-corrected chi connectivity index (χ4v) is 5.04. The zero-order valence-electron chi connectivity index (χ0n) is 16.5. The molecule has 4 aromatic rings. The second kappa shape index (κ2) is 8.52. The molecule has 0 saturated carbocycles. The highest BCUT2D eigenvalue weighted by molar-refractivity contribution is 7.80. The van der Waals surface area contributed by atoms with Gasteiger partial charge in [0.05, 0.1) is 23.6 Å². The molecule has 30 heavy (non-hydrogen) atoms. The van der Waals surface area contributed by atoms with E-state index in [4.69, 9.17) is 17.2 Å². The molecule has 6 heteroatoms. The summed E-state index contributed by atoms with van der Waals surface area (Å²) in [4.78, 5) is 11.7. The maximum Gasteiger partial charge on any atom is 0.193 e. The lowest BCUT2D eigenvalue weighted by Crippen LogP contribution is -2.57. The molecule has 0 amide bonds. The molecular formula is C24H22N4S2. The van der Waals surface area contributed by atoms with Crippen LogP contribution in [0.25, 0.3) is 10.2 Å². The number of aromatic nitrogens is 1. The summed E-state index contributed by atoms with van der Waals surface area (Å²) in [5, 5.41) is 1.79. The van der Waals surface area contributed by atoms with Crippen molar-refractivity contribution in [3.63, 3.8) is 0 Å². The summed E-state index contributed by atoms with van der Waals surface area (Å²) in [6, 6.07) is 29.4. The van der Waals surface area contributed by atoms with E-state index >= 15 is 0 Å². The van der Waals surface area contributed by atoms with E-state index in [0.717, 1.165) is 42.2 Å². The minimum Gasteiger partial charge on any atom is -0.331 e. The lowest BCUT2D eigenvalue weighted by atomic mass is 10.2. The lowest BCUT2D eigenvalue weighted by molar-refractivity contribution is 0.156. The van der Waals surface area contributed by atoms with Crippen LogP contribution in [-0.2, 0) is 13.1 Å². The van der Waals surface area contributed by atoms with Crippen LogP contribution in [0.5, 0.6) is 0 Å². The second-order valence-electron chi connectivity index (χ2n) is 7.46. The van der Waals surface area contributed by atoms with Crippen LogP contribution in [0.2, 0.25) is 0 Å². The number of fused-ring (bicyclic) bond motifs is 1. The monoisotopic (exact) mass is 430 g/mol. The van der Waals surface area contributed by atoms with Gasteiger partial charge in [-0.3, -0.25) is 9.80 Å². The molecule has 1 aromatic heterocycles. The second-order valence-corrected chi connectivity index (χ2v) is 8.83. The van der Waals surface area contributed by atoms with Crippen LogP contribution in [-0.4, -0.2) is 33.2 Å². The molecule has 0 N–H and O–H groups in total. The SMILES string of the molecule is S=C1N(Cc2ccccc2)CN(Cc2ccccc2)CN1c1nc2ccccc2s1. The Morgan fingerprint density at radius 2 is 1.40 bits per heavy atom. The molecule has 0 atom stereocenters. The van der Waals surface area contributed by atoms with E-state index < -0.39 is 0 Å². The first-order chi connectivity index (χ1) is 14.8. The van der Waals surface area contributed by atoms with E-state index in [0.29, 0.717) is 0 Å². The maximum absolute atomic E-state index is 5.94. The van der Waals surface area contributed by atoms with Crippen LogP contribution in [0.15, 0.2) is 84.9 Å². The average Bonchev–Trinajstić information content (AvgIpc) is 3.21. The topological polar surface area (TPSA) is 22.6 Å². The van der Waals surface area contributed by atoms with Gasteiger partial charge >= 0.3 is 0 Å². The predicted molar refractivity (Wildman–Crippen MR) is 128 cm³/mol. The van der Waals surface area contributed by atoms with Crippen molar-refractivity contribution in [1.82, 2.24) is 14.8 Å². The minimum absolute atomic E-state index is 0.735. The van der Waals surface area contributed by atoms with Gasteiger partial charge in [-0.25, -0.2) is 4.98 Å². The fraction of sp³-hybridized carbons (Fsp3) is 0.167. The maximum atomic E-state index is 5.94. The van der Waals surface area contributed by atoms with Crippen LogP contribution in [0.3, 0.4) is 0 Å². The summed E-state index contributed by atoms with van der Waals surface area (Å²) < 4.78 is 1.19. The molecule has 0 bridgehead atoms. The van der Waals surface area contributed by atoms with Crippen molar-refractivity contribution < 1.29 is 0 Å². The van der Waals surface area contributed by atoms with Gasteiger partial charge in [0.15, 0.2) is 10.2 Å². The highest BCUT2D eigenvalue weighted by atomic mass is 32.1. The first kappa shape index (κ1) is 19.2. The number of hydrogen-bond donors (Lipinski definition) is 0. The number of hydrogen-bond acceptors (Lipinski definition) is 4. The van der Waals surface area contributed by atoms with Gasteiger partial charge in [-0.2, -0.15) is 0 Å². The third-order valence-corrected chi connectivity index (χ3v) is 6.73. The number of thiocarbonyl (C=S) groups is 1. The zero-order chi connectivity index (χ0) is 20.3. The van der Waals surface area contributed by atoms with Crippen LogP contribution >= 0.6 is 23.6 Å². The quantitative estimate of drug-likeness (QED) is 0.399. The van der Waals surface area contributed by atoms with Crippen molar-refractivity contribution in [2.75, 3.05) is 18.2 Å². The first-order valence-corrected chi connectivity index (χ1v) is 11.2. The van der Waals surface area contributed by atoms with Gasteiger partial charge in [-0.05, 0) is 35.5 Å². The van der Waals surface area contributed by atoms with Crippen LogP contribution in [0.1, 0.15) is 11.1 Å². The van der Waals surface area contributed by atoms with Gasteiger partial charge in [0.25, 0.3) is 0 Å². The molecule has 1 aliphatic heterocycles. The largest absolute Gasteiger partial charge is 0.331 e. The zero-order valence-corrected chi connectivity index (χ0v) is 18.1. The van der Waals surface area contributed by atoms with Crippen molar-refractivity contribution in [3.8, 4) is 0 Å². The molecule has 5 rings (SSSR count). The van der Waals surface area contributed by atoms with E-state index in [9.17, 15) is 0 Å². The van der Waals surface area contributed by atoms with E-state index in [1.165, 1.54) is 15.8 Å². The van der Waals surface area contributed by atoms with Crippen LogP contribution < -0.4 is 4.90 Å². The number of benzene rings is 3. The molecule has 2 heterocycles. The molecule has 1 fully saturated rings. The Balaban J connectivity index is 1.45. The number of para-hydroxylation sites is 1. The van der Waals surface area contributed by atoms with Crippen molar-refractivity contribution >= 4 is 44.0 Å². The molecule has 0 radical (unpaired) electrons. The van der Waals surface area contributed by atoms with Crippen molar-refractivity contribution in [3.05, 3.63) is 96.1 Å². The highest BCUT2D eigenvalue weighted by Crippen LogP contribution is 2.31. The Kier molecular flexibility index (Phi) is 5.45. The third kappa shape index (κ3) is 4.07. The normalized spacial score (nSPS) is 15.1. The summed E-state index contributed by atoms with van der Waals surface area (Å²) in [5.74, 6) is 0. The van der Waals surface area contributed by atoms with Gasteiger partial charge < -0.3 is 4.90 Å². The average molecular weight is 431 g/mol. The molecule has 3 aromatic carbocycles. The summed E-state index contributed by atoms with van der Waals surface area (Å²) in [6.07, 6.45) is 0. The van der Waals surface area contributed by atoms with Crippen LogP contribution in [0, 0.1) is 0 Å². The molecule has 0 aliphatic carbocycles. The van der Waals surface area contributed by atoms with Crippen molar-refractivity contribution in [1.29, 1.82) is 0 Å². The van der Waals surface area contributed by atoms with Crippen LogP contribution in [0.4, 0.5) is 5.13 Å². The number of rotatable bonds is 5.